The van der Waals surface area contributed by atoms with Crippen LogP contribution in [0.1, 0.15) is 18.5 Å². The maximum absolute atomic E-state index is 5.68. The summed E-state index contributed by atoms with van der Waals surface area (Å²) >= 11 is 5.68. The quantitative estimate of drug-likeness (QED) is 0.762. The first-order valence-corrected chi connectivity index (χ1v) is 6.12. The van der Waals surface area contributed by atoms with E-state index in [-0.39, 0.29) is 0 Å². The molecule has 90 valence electrons. The zero-order valence-corrected chi connectivity index (χ0v) is 10.2. The molecule has 16 heavy (non-hydrogen) atoms. The molecular formula is C11H17ClN2O2. The molecule has 2 heterocycles. The summed E-state index contributed by atoms with van der Waals surface area (Å²) in [5.74, 6) is 1.07. The van der Waals surface area contributed by atoms with Gasteiger partial charge >= 0.3 is 0 Å². The Bertz CT molecular complexity index is 324. The Morgan fingerprint density at radius 1 is 1.50 bits per heavy atom. The molecule has 0 amide bonds. The van der Waals surface area contributed by atoms with E-state index in [4.69, 9.17) is 20.8 Å². The average Bonchev–Trinajstić information content (AvgIpc) is 2.79. The molecule has 0 aliphatic carbocycles. The number of ether oxygens (including phenoxy) is 1. The SMILES string of the molecule is CN(CC1CCOCC1)c1nc(CCl)co1. The average molecular weight is 245 g/mol. The van der Waals surface area contributed by atoms with Gasteiger partial charge in [0.15, 0.2) is 0 Å². The maximum atomic E-state index is 5.68. The van der Waals surface area contributed by atoms with Gasteiger partial charge in [0, 0.05) is 26.8 Å². The molecule has 1 aromatic rings. The summed E-state index contributed by atoms with van der Waals surface area (Å²) in [6, 6.07) is 0.655. The van der Waals surface area contributed by atoms with Crippen molar-refractivity contribution < 1.29 is 9.15 Å². The van der Waals surface area contributed by atoms with Gasteiger partial charge in [-0.1, -0.05) is 0 Å². The zero-order chi connectivity index (χ0) is 11.4. The second-order valence-corrected chi connectivity index (χ2v) is 4.46. The second-order valence-electron chi connectivity index (χ2n) is 4.19. The fourth-order valence-electron chi connectivity index (χ4n) is 1.93. The molecule has 0 N–H and O–H groups in total. The lowest BCUT2D eigenvalue weighted by Crippen LogP contribution is -2.29. The summed E-state index contributed by atoms with van der Waals surface area (Å²) in [5, 5.41) is 0. The van der Waals surface area contributed by atoms with Crippen LogP contribution in [0.15, 0.2) is 10.7 Å². The molecule has 4 nitrogen and oxygen atoms in total. The number of hydrogen-bond donors (Lipinski definition) is 0. The summed E-state index contributed by atoms with van der Waals surface area (Å²) in [7, 11) is 2.00. The third-order valence-corrected chi connectivity index (χ3v) is 3.15. The predicted octanol–water partition coefficient (Wildman–Crippen LogP) is 2.28. The highest BCUT2D eigenvalue weighted by Crippen LogP contribution is 2.19. The van der Waals surface area contributed by atoms with Gasteiger partial charge in [0.1, 0.15) is 6.26 Å². The molecule has 1 aliphatic heterocycles. The number of hydrogen-bond acceptors (Lipinski definition) is 4. The highest BCUT2D eigenvalue weighted by Gasteiger charge is 2.18. The van der Waals surface area contributed by atoms with Gasteiger partial charge in [-0.3, -0.25) is 0 Å². The van der Waals surface area contributed by atoms with E-state index in [1.807, 2.05) is 11.9 Å². The van der Waals surface area contributed by atoms with Gasteiger partial charge in [0.05, 0.1) is 11.6 Å². The Morgan fingerprint density at radius 2 is 2.25 bits per heavy atom. The molecule has 1 fully saturated rings. The topological polar surface area (TPSA) is 38.5 Å². The van der Waals surface area contributed by atoms with Crippen LogP contribution in [0, 0.1) is 5.92 Å². The molecule has 0 saturated carbocycles. The van der Waals surface area contributed by atoms with E-state index in [1.54, 1.807) is 6.26 Å². The summed E-state index contributed by atoms with van der Waals surface area (Å²) in [6.07, 6.45) is 3.85. The van der Waals surface area contributed by atoms with E-state index >= 15 is 0 Å². The number of halogens is 1. The summed E-state index contributed by atoms with van der Waals surface area (Å²) in [5.41, 5.74) is 0.787. The maximum Gasteiger partial charge on any atom is 0.297 e. The van der Waals surface area contributed by atoms with Gasteiger partial charge in [0.2, 0.25) is 0 Å². The lowest BCUT2D eigenvalue weighted by Gasteiger charge is -2.26. The van der Waals surface area contributed by atoms with Gasteiger partial charge in [-0.15, -0.1) is 11.6 Å². The molecule has 1 saturated heterocycles. The summed E-state index contributed by atoms with van der Waals surface area (Å²) < 4.78 is 10.7. The second kappa shape index (κ2) is 5.55. The van der Waals surface area contributed by atoms with Gasteiger partial charge in [0.25, 0.3) is 6.01 Å². The molecular weight excluding hydrogens is 228 g/mol. The molecule has 0 radical (unpaired) electrons. The zero-order valence-electron chi connectivity index (χ0n) is 9.49. The standard InChI is InChI=1S/C11H17ClN2O2/c1-14(7-9-2-4-15-5-3-9)11-13-10(6-12)8-16-11/h8-9H,2-7H2,1H3. The Morgan fingerprint density at radius 3 is 2.88 bits per heavy atom. The van der Waals surface area contributed by atoms with Crippen LogP contribution in [0.2, 0.25) is 0 Å². The number of alkyl halides is 1. The van der Waals surface area contributed by atoms with Crippen LogP contribution in [0.5, 0.6) is 0 Å². The Hall–Kier alpha value is -0.740. The number of anilines is 1. The first-order chi connectivity index (χ1) is 7.79. The van der Waals surface area contributed by atoms with Crippen LogP contribution in [0.3, 0.4) is 0 Å². The van der Waals surface area contributed by atoms with Crippen molar-refractivity contribution in [3.05, 3.63) is 12.0 Å². The van der Waals surface area contributed by atoms with Crippen LogP contribution in [0.4, 0.5) is 6.01 Å². The number of nitrogens with zero attached hydrogens (tertiary/aromatic N) is 2. The van der Waals surface area contributed by atoms with Crippen LogP contribution >= 0.6 is 11.6 Å². The first kappa shape index (κ1) is 11.7. The fourth-order valence-corrected chi connectivity index (χ4v) is 2.05. The first-order valence-electron chi connectivity index (χ1n) is 5.59. The van der Waals surface area contributed by atoms with E-state index in [2.05, 4.69) is 4.98 Å². The number of oxazole rings is 1. The minimum absolute atomic E-state index is 0.397. The monoisotopic (exact) mass is 244 g/mol. The van der Waals surface area contributed by atoms with Crippen molar-refractivity contribution in [1.29, 1.82) is 0 Å². The minimum atomic E-state index is 0.397. The van der Waals surface area contributed by atoms with Crippen molar-refractivity contribution in [2.45, 2.75) is 18.7 Å². The van der Waals surface area contributed by atoms with Crippen LogP contribution in [-0.2, 0) is 10.6 Å². The predicted molar refractivity (Wildman–Crippen MR) is 62.9 cm³/mol. The highest BCUT2D eigenvalue weighted by molar-refractivity contribution is 6.16. The molecule has 0 bridgehead atoms. The van der Waals surface area contributed by atoms with Crippen molar-refractivity contribution in [3.63, 3.8) is 0 Å². The third kappa shape index (κ3) is 2.89. The van der Waals surface area contributed by atoms with Gasteiger partial charge < -0.3 is 14.1 Å². The third-order valence-electron chi connectivity index (χ3n) is 2.88. The van der Waals surface area contributed by atoms with Crippen LogP contribution < -0.4 is 4.90 Å². The Balaban J connectivity index is 1.88. The van der Waals surface area contributed by atoms with E-state index < -0.39 is 0 Å². The van der Waals surface area contributed by atoms with Gasteiger partial charge in [-0.05, 0) is 18.8 Å². The molecule has 5 heteroatoms. The van der Waals surface area contributed by atoms with Gasteiger partial charge in [-0.25, -0.2) is 0 Å². The van der Waals surface area contributed by atoms with E-state index in [0.29, 0.717) is 17.8 Å². The normalized spacial score (nSPS) is 17.6. The molecule has 2 rings (SSSR count). The lowest BCUT2D eigenvalue weighted by atomic mass is 10.0. The minimum Gasteiger partial charge on any atom is -0.432 e. The van der Waals surface area contributed by atoms with E-state index in [0.717, 1.165) is 38.3 Å². The summed E-state index contributed by atoms with van der Waals surface area (Å²) in [6.45, 7) is 2.71. The molecule has 0 spiro atoms. The molecule has 0 atom stereocenters. The highest BCUT2D eigenvalue weighted by atomic mass is 35.5. The number of rotatable bonds is 4. The summed E-state index contributed by atoms with van der Waals surface area (Å²) in [4.78, 5) is 6.34. The number of aromatic nitrogens is 1. The largest absolute Gasteiger partial charge is 0.432 e. The van der Waals surface area contributed by atoms with Crippen molar-refractivity contribution in [3.8, 4) is 0 Å². The van der Waals surface area contributed by atoms with Crippen molar-refractivity contribution in [2.75, 3.05) is 31.7 Å². The molecule has 1 aromatic heterocycles. The lowest BCUT2D eigenvalue weighted by molar-refractivity contribution is 0.0682. The molecule has 1 aliphatic rings. The van der Waals surface area contributed by atoms with Crippen molar-refractivity contribution >= 4 is 17.6 Å². The van der Waals surface area contributed by atoms with E-state index in [1.165, 1.54) is 0 Å². The Kier molecular flexibility index (Phi) is 4.07. The fraction of sp³-hybridized carbons (Fsp3) is 0.727. The smallest absolute Gasteiger partial charge is 0.297 e. The molecule has 0 unspecified atom stereocenters. The Labute approximate surface area is 101 Å². The van der Waals surface area contributed by atoms with Crippen LogP contribution in [-0.4, -0.2) is 31.8 Å². The van der Waals surface area contributed by atoms with Gasteiger partial charge in [-0.2, -0.15) is 4.98 Å². The van der Waals surface area contributed by atoms with Crippen molar-refractivity contribution in [1.82, 2.24) is 4.98 Å². The van der Waals surface area contributed by atoms with E-state index in [9.17, 15) is 0 Å². The van der Waals surface area contributed by atoms with Crippen molar-refractivity contribution in [2.24, 2.45) is 5.92 Å². The molecule has 0 aromatic carbocycles. The van der Waals surface area contributed by atoms with Crippen LogP contribution in [0.25, 0.3) is 0 Å².